The number of amides is 1. The van der Waals surface area contributed by atoms with Gasteiger partial charge in [0.2, 0.25) is 0 Å². The Hall–Kier alpha value is -3.30. The van der Waals surface area contributed by atoms with Crippen LogP contribution in [0.1, 0.15) is 32.6 Å². The Morgan fingerprint density at radius 2 is 1.51 bits per heavy atom. The molecule has 1 heterocycles. The van der Waals surface area contributed by atoms with E-state index < -0.39 is 63.3 Å². The molecule has 0 spiro atoms. The first kappa shape index (κ1) is 28.3. The Kier molecular flexibility index (Phi) is 7.29. The van der Waals surface area contributed by atoms with Crippen LogP contribution in [0.15, 0.2) is 47.6 Å². The highest BCUT2D eigenvalue weighted by atomic mass is 79.9. The first-order valence-electron chi connectivity index (χ1n) is 9.73. The third kappa shape index (κ3) is 5.38. The van der Waals surface area contributed by atoms with Crippen LogP contribution in [0.3, 0.4) is 0 Å². The van der Waals surface area contributed by atoms with Crippen molar-refractivity contribution in [2.75, 3.05) is 7.11 Å². The normalized spacial score (nSPS) is 20.2. The van der Waals surface area contributed by atoms with E-state index in [1.165, 1.54) is 0 Å². The Bertz CT molecular complexity index is 1210. The Morgan fingerprint density at radius 1 is 1.00 bits per heavy atom. The van der Waals surface area contributed by atoms with Gasteiger partial charge in [-0.25, -0.2) is 0 Å². The molecule has 0 saturated carbocycles. The smallest absolute Gasteiger partial charge is 0.436 e. The fourth-order valence-corrected chi connectivity index (χ4v) is 4.31. The quantitative estimate of drug-likeness (QED) is 0.195. The van der Waals surface area contributed by atoms with Gasteiger partial charge in [0.15, 0.2) is 0 Å². The molecule has 2 aromatic carbocycles. The number of nitrogens with one attached hydrogen (secondary N) is 2. The highest BCUT2D eigenvalue weighted by Crippen LogP contribution is 2.53. The van der Waals surface area contributed by atoms with Gasteiger partial charge < -0.3 is 9.57 Å². The minimum absolute atomic E-state index is 0.0500. The largest absolute Gasteiger partial charge is 0.468 e. The van der Waals surface area contributed by atoms with Crippen LogP contribution in [0.2, 0.25) is 0 Å². The third-order valence-electron chi connectivity index (χ3n) is 5.20. The van der Waals surface area contributed by atoms with E-state index in [-0.39, 0.29) is 29.3 Å². The Balaban J connectivity index is 2.07. The number of oxime groups is 1. The van der Waals surface area contributed by atoms with Crippen molar-refractivity contribution in [3.05, 3.63) is 70.3 Å². The van der Waals surface area contributed by atoms with Crippen LogP contribution in [0, 0.1) is 5.41 Å². The Morgan fingerprint density at radius 3 is 1.95 bits per heavy atom. The molecule has 0 saturated heterocycles. The van der Waals surface area contributed by atoms with Gasteiger partial charge in [-0.05, 0) is 30.3 Å². The average Bonchev–Trinajstić information content (AvgIpc) is 3.15. The summed E-state index contributed by atoms with van der Waals surface area (Å²) in [6.07, 6.45) is -16.3. The lowest BCUT2D eigenvalue weighted by atomic mass is 9.84. The molecule has 2 N–H and O–H groups in total. The molecule has 1 aliphatic rings. The zero-order chi connectivity index (χ0) is 28.0. The van der Waals surface area contributed by atoms with Crippen LogP contribution in [0.5, 0.6) is 0 Å². The molecule has 16 heteroatoms. The van der Waals surface area contributed by atoms with E-state index in [9.17, 15) is 44.3 Å². The van der Waals surface area contributed by atoms with Crippen LogP contribution in [-0.2, 0) is 27.5 Å². The number of hydrogen-bond acceptors (Lipinski definition) is 5. The van der Waals surface area contributed by atoms with E-state index in [1.54, 1.807) is 0 Å². The summed E-state index contributed by atoms with van der Waals surface area (Å²) in [5, 5.41) is 12.7. The number of carbonyl (C=O) groups is 1. The summed E-state index contributed by atoms with van der Waals surface area (Å²) in [6.45, 7) is 0. The molecule has 0 radical (unpaired) electrons. The highest BCUT2D eigenvalue weighted by molar-refractivity contribution is 9.10. The number of carbonyl (C=O) groups excluding carboxylic acids is 1. The molecule has 2 unspecified atom stereocenters. The van der Waals surface area contributed by atoms with Gasteiger partial charge in [0.1, 0.15) is 10.5 Å². The first-order chi connectivity index (χ1) is 16.9. The number of hydrogen-bond donors (Lipinski definition) is 2. The maximum atomic E-state index is 14.3. The second-order valence-corrected chi connectivity index (χ2v) is 8.44. The molecule has 0 aromatic heterocycles. The van der Waals surface area contributed by atoms with E-state index in [4.69, 9.17) is 5.41 Å². The number of nitrogens with zero attached hydrogens (tertiary/aromatic N) is 1. The summed E-state index contributed by atoms with van der Waals surface area (Å²) in [4.78, 5) is 14.5. The third-order valence-corrected chi connectivity index (χ3v) is 6.28. The SMILES string of the molecule is COC(=N)NC(=O)c1ccc(C2=NOC(c3cc(C(F)(F)F)cc(C(F)(F)F)c3)(C(F)(F)F)C2Br)cc1. The van der Waals surface area contributed by atoms with Crippen molar-refractivity contribution in [3.8, 4) is 0 Å². The first-order valence-corrected chi connectivity index (χ1v) is 10.6. The van der Waals surface area contributed by atoms with Crippen LogP contribution >= 0.6 is 15.9 Å². The molecule has 6 nitrogen and oxygen atoms in total. The summed E-state index contributed by atoms with van der Waals surface area (Å²) < 4.78 is 127. The fraction of sp³-hybridized carbons (Fsp3) is 0.286. The lowest BCUT2D eigenvalue weighted by Crippen LogP contribution is -2.50. The number of methoxy groups -OCH3 is 1. The molecule has 2 atom stereocenters. The average molecular weight is 606 g/mol. The van der Waals surface area contributed by atoms with Gasteiger partial charge in [0.05, 0.1) is 18.2 Å². The molecule has 2 aromatic rings. The van der Waals surface area contributed by atoms with Gasteiger partial charge in [-0.2, -0.15) is 39.5 Å². The minimum Gasteiger partial charge on any atom is -0.468 e. The molecule has 0 aliphatic carbocycles. The van der Waals surface area contributed by atoms with Crippen molar-refractivity contribution in [2.45, 2.75) is 29.0 Å². The van der Waals surface area contributed by atoms with Crippen LogP contribution in [0.25, 0.3) is 0 Å². The second-order valence-electron chi connectivity index (χ2n) is 7.52. The van der Waals surface area contributed by atoms with Gasteiger partial charge in [0, 0.05) is 16.7 Å². The van der Waals surface area contributed by atoms with Crippen molar-refractivity contribution in [1.29, 1.82) is 5.41 Å². The predicted octanol–water partition coefficient (Wildman–Crippen LogP) is 5.99. The van der Waals surface area contributed by atoms with Gasteiger partial charge in [0.25, 0.3) is 17.5 Å². The minimum atomic E-state index is -5.54. The van der Waals surface area contributed by atoms with E-state index in [2.05, 4.69) is 36.0 Å². The van der Waals surface area contributed by atoms with Crippen LogP contribution in [-0.4, -0.2) is 35.8 Å². The molecule has 200 valence electrons. The molecule has 0 bridgehead atoms. The maximum absolute atomic E-state index is 14.3. The standard InChI is InChI=1S/C21H13BrF9N3O3/c1-36-17(32)33-16(35)10-4-2-9(3-5-10)14-15(22)18(37-34-14,21(29,30)31)11-6-12(19(23,24)25)8-13(7-11)20(26,27)28/h2-8,15H,1H3,(H2,32,33,35). The zero-order valence-corrected chi connectivity index (χ0v) is 19.7. The van der Waals surface area contributed by atoms with Crippen molar-refractivity contribution in [1.82, 2.24) is 5.32 Å². The number of alkyl halides is 10. The Labute approximate surface area is 210 Å². The van der Waals surface area contributed by atoms with Crippen molar-refractivity contribution in [3.63, 3.8) is 0 Å². The predicted molar refractivity (Wildman–Crippen MR) is 113 cm³/mol. The van der Waals surface area contributed by atoms with Gasteiger partial charge in [-0.15, -0.1) is 0 Å². The van der Waals surface area contributed by atoms with Crippen molar-refractivity contribution < 1.29 is 53.9 Å². The van der Waals surface area contributed by atoms with Gasteiger partial charge in [-0.3, -0.25) is 15.5 Å². The zero-order valence-electron chi connectivity index (χ0n) is 18.1. The number of ether oxygens (including phenoxy) is 1. The van der Waals surface area contributed by atoms with Crippen LogP contribution < -0.4 is 5.32 Å². The lowest BCUT2D eigenvalue weighted by Gasteiger charge is -2.33. The van der Waals surface area contributed by atoms with Crippen LogP contribution in [0.4, 0.5) is 39.5 Å². The molecule has 37 heavy (non-hydrogen) atoms. The topological polar surface area (TPSA) is 83.8 Å². The summed E-state index contributed by atoms with van der Waals surface area (Å²) in [7, 11) is 1.12. The fourth-order valence-electron chi connectivity index (χ4n) is 3.35. The number of halogens is 10. The molecule has 0 fully saturated rings. The monoisotopic (exact) mass is 605 g/mol. The summed E-state index contributed by atoms with van der Waals surface area (Å²) in [6, 6.07) is 3.48. The van der Waals surface area contributed by atoms with E-state index >= 15 is 0 Å². The summed E-state index contributed by atoms with van der Waals surface area (Å²) in [5.41, 5.74) is -9.81. The maximum Gasteiger partial charge on any atom is 0.436 e. The number of amidine groups is 1. The van der Waals surface area contributed by atoms with Gasteiger partial charge >= 0.3 is 18.5 Å². The summed E-state index contributed by atoms with van der Waals surface area (Å²) >= 11 is 2.71. The summed E-state index contributed by atoms with van der Waals surface area (Å²) in [5.74, 6) is -0.799. The van der Waals surface area contributed by atoms with Gasteiger partial charge in [-0.1, -0.05) is 33.2 Å². The van der Waals surface area contributed by atoms with E-state index in [0.717, 1.165) is 31.4 Å². The molecule has 3 rings (SSSR count). The number of benzene rings is 2. The molecular formula is C21H13BrF9N3O3. The van der Waals surface area contributed by atoms with Crippen molar-refractivity contribution in [2.24, 2.45) is 5.16 Å². The number of rotatable bonds is 3. The van der Waals surface area contributed by atoms with E-state index in [1.807, 2.05) is 0 Å². The molecular weight excluding hydrogens is 593 g/mol. The molecule has 1 aliphatic heterocycles. The second kappa shape index (κ2) is 9.54. The van der Waals surface area contributed by atoms with E-state index in [0.29, 0.717) is 0 Å². The lowest BCUT2D eigenvalue weighted by molar-refractivity contribution is -0.273. The molecule has 1 amide bonds. The van der Waals surface area contributed by atoms with Crippen molar-refractivity contribution >= 4 is 33.6 Å². The highest BCUT2D eigenvalue weighted by Gasteiger charge is 2.68.